The van der Waals surface area contributed by atoms with Gasteiger partial charge >= 0.3 is 17.1 Å². The number of carboxylic acid groups (broad SMARTS) is 1. The Hall–Kier alpha value is -5.16. The van der Waals surface area contributed by atoms with Gasteiger partial charge in [0.05, 0.1) is 11.0 Å². The van der Waals surface area contributed by atoms with E-state index in [-0.39, 0.29) is 28.2 Å². The smallest absolute Gasteiger partial charge is 0.352 e. The standard InChI is InChI=1S/C28H24N8O7S2/c1-35-25(41)23(39)33-34-28(35)45-12-14-11-44-26-18(24(40)36(26)19(14)27(42)43)32-21(37)17(13-7-3-2-4-8-13)31-22(38)20-29-15-9-5-6-10-16(15)30-20/h2-10,17-18,26H,11-12H2,1H3,(H,29,30)(H,31,38)(H,32,37)(H,33,39)(H,42,43)/t17?,18?,26-/m0/s1. The van der Waals surface area contributed by atoms with E-state index in [1.54, 1.807) is 54.6 Å². The number of benzene rings is 2. The Morgan fingerprint density at radius 2 is 1.84 bits per heavy atom. The maximum Gasteiger partial charge on any atom is 0.352 e. The minimum Gasteiger partial charge on any atom is -0.477 e. The van der Waals surface area contributed by atoms with Crippen molar-refractivity contribution in [1.29, 1.82) is 0 Å². The lowest BCUT2D eigenvalue weighted by Gasteiger charge is -2.49. The van der Waals surface area contributed by atoms with E-state index in [0.29, 0.717) is 22.2 Å². The zero-order valence-corrected chi connectivity index (χ0v) is 25.0. The second-order valence-electron chi connectivity index (χ2n) is 10.1. The number of carboxylic acids is 1. The summed E-state index contributed by atoms with van der Waals surface area (Å²) in [5.74, 6) is -2.91. The predicted octanol–water partition coefficient (Wildman–Crippen LogP) is 0.347. The number of carbonyl (C=O) groups excluding carboxylic acids is 3. The van der Waals surface area contributed by atoms with Gasteiger partial charge in [-0.25, -0.2) is 14.9 Å². The molecule has 1 saturated heterocycles. The van der Waals surface area contributed by atoms with Gasteiger partial charge in [-0.15, -0.1) is 16.9 Å². The number of hydrogen-bond donors (Lipinski definition) is 5. The summed E-state index contributed by atoms with van der Waals surface area (Å²) < 4.78 is 1.06. The van der Waals surface area contributed by atoms with Crippen LogP contribution in [0.15, 0.2) is 80.6 Å². The van der Waals surface area contributed by atoms with Gasteiger partial charge in [0.1, 0.15) is 23.2 Å². The molecule has 4 heterocycles. The number of H-pyrrole nitrogens is 2. The first-order valence-electron chi connectivity index (χ1n) is 13.4. The number of rotatable bonds is 9. The summed E-state index contributed by atoms with van der Waals surface area (Å²) in [4.78, 5) is 84.1. The summed E-state index contributed by atoms with van der Waals surface area (Å²) in [5, 5.41) is 20.8. The van der Waals surface area contributed by atoms with E-state index in [0.717, 1.165) is 21.2 Å². The number of nitrogens with zero attached hydrogens (tertiary/aromatic N) is 4. The Morgan fingerprint density at radius 1 is 1.11 bits per heavy atom. The highest BCUT2D eigenvalue weighted by Gasteiger charge is 2.54. The topological polar surface area (TPSA) is 212 Å². The van der Waals surface area contributed by atoms with E-state index >= 15 is 0 Å². The van der Waals surface area contributed by atoms with Crippen molar-refractivity contribution in [1.82, 2.24) is 40.3 Å². The van der Waals surface area contributed by atoms with Crippen LogP contribution in [0.3, 0.4) is 0 Å². The van der Waals surface area contributed by atoms with Crippen molar-refractivity contribution in [2.45, 2.75) is 22.6 Å². The molecule has 17 heteroatoms. The Balaban J connectivity index is 1.19. The van der Waals surface area contributed by atoms with Crippen LogP contribution in [0.2, 0.25) is 0 Å². The Labute approximate surface area is 261 Å². The summed E-state index contributed by atoms with van der Waals surface area (Å²) in [6.45, 7) is 0. The second kappa shape index (κ2) is 12.1. The molecule has 2 aliphatic rings. The van der Waals surface area contributed by atoms with Crippen molar-refractivity contribution in [3.63, 3.8) is 0 Å². The predicted molar refractivity (Wildman–Crippen MR) is 163 cm³/mol. The first-order valence-corrected chi connectivity index (χ1v) is 15.5. The fourth-order valence-electron chi connectivity index (χ4n) is 4.98. The van der Waals surface area contributed by atoms with Gasteiger partial charge in [0, 0.05) is 18.6 Å². The number of para-hydroxylation sites is 2. The molecule has 2 aliphatic heterocycles. The average Bonchev–Trinajstić information content (AvgIpc) is 3.49. The maximum atomic E-state index is 13.6. The summed E-state index contributed by atoms with van der Waals surface area (Å²) in [6, 6.07) is 13.4. The molecule has 6 rings (SSSR count). The largest absolute Gasteiger partial charge is 0.477 e. The first-order chi connectivity index (χ1) is 21.6. The van der Waals surface area contributed by atoms with Crippen molar-refractivity contribution in [2.75, 3.05) is 11.5 Å². The van der Waals surface area contributed by atoms with Crippen molar-refractivity contribution in [3.8, 4) is 0 Å². The summed E-state index contributed by atoms with van der Waals surface area (Å²) in [5.41, 5.74) is 0.203. The number of hydrogen-bond acceptors (Lipinski definition) is 10. The van der Waals surface area contributed by atoms with Gasteiger partial charge in [0.15, 0.2) is 11.0 Å². The number of amides is 3. The summed E-state index contributed by atoms with van der Waals surface area (Å²) in [6.07, 6.45) is 0. The molecule has 15 nitrogen and oxygen atoms in total. The molecule has 0 radical (unpaired) electrons. The second-order valence-corrected chi connectivity index (χ2v) is 12.1. The molecule has 0 aliphatic carbocycles. The number of carbonyl (C=O) groups is 4. The number of aromatic nitrogens is 5. The summed E-state index contributed by atoms with van der Waals surface area (Å²) in [7, 11) is 1.37. The molecule has 0 saturated carbocycles. The Bertz CT molecular complexity index is 1970. The van der Waals surface area contributed by atoms with Gasteiger partial charge < -0.3 is 20.7 Å². The zero-order chi connectivity index (χ0) is 31.8. The average molecular weight is 649 g/mol. The third-order valence-corrected chi connectivity index (χ3v) is 9.69. The van der Waals surface area contributed by atoms with E-state index in [1.807, 2.05) is 0 Å². The number of aromatic amines is 2. The third kappa shape index (κ3) is 5.62. The maximum absolute atomic E-state index is 13.6. The van der Waals surface area contributed by atoms with E-state index in [4.69, 9.17) is 0 Å². The Morgan fingerprint density at radius 3 is 2.58 bits per heavy atom. The van der Waals surface area contributed by atoms with Crippen LogP contribution >= 0.6 is 23.5 Å². The molecule has 2 aromatic heterocycles. The highest BCUT2D eigenvalue weighted by molar-refractivity contribution is 8.01. The summed E-state index contributed by atoms with van der Waals surface area (Å²) >= 11 is 2.30. The molecule has 3 atom stereocenters. The number of fused-ring (bicyclic) bond motifs is 2. The van der Waals surface area contributed by atoms with Gasteiger partial charge in [-0.2, -0.15) is 0 Å². The lowest BCUT2D eigenvalue weighted by atomic mass is 10.0. The molecular formula is C28H24N8O7S2. The molecule has 0 bridgehead atoms. The molecule has 2 unspecified atom stereocenters. The number of nitrogens with one attached hydrogen (secondary N) is 4. The molecule has 4 aromatic rings. The van der Waals surface area contributed by atoms with Gasteiger partial charge in [-0.1, -0.05) is 54.2 Å². The van der Waals surface area contributed by atoms with Crippen LogP contribution in [0.5, 0.6) is 0 Å². The third-order valence-electron chi connectivity index (χ3n) is 7.24. The number of thioether (sulfide) groups is 2. The molecule has 45 heavy (non-hydrogen) atoms. The fraction of sp³-hybridized carbons (Fsp3) is 0.214. The van der Waals surface area contributed by atoms with Crippen LogP contribution in [-0.2, 0) is 21.4 Å². The zero-order valence-electron chi connectivity index (χ0n) is 23.3. The van der Waals surface area contributed by atoms with Crippen LogP contribution in [0.4, 0.5) is 0 Å². The highest BCUT2D eigenvalue weighted by Crippen LogP contribution is 2.41. The lowest BCUT2D eigenvalue weighted by Crippen LogP contribution is -2.71. The van der Waals surface area contributed by atoms with E-state index in [2.05, 4.69) is 30.8 Å². The lowest BCUT2D eigenvalue weighted by molar-refractivity contribution is -0.151. The van der Waals surface area contributed by atoms with Gasteiger partial charge in [0.2, 0.25) is 5.91 Å². The van der Waals surface area contributed by atoms with Crippen molar-refractivity contribution >= 4 is 58.2 Å². The minimum atomic E-state index is -1.32. The van der Waals surface area contributed by atoms with Crippen molar-refractivity contribution in [2.24, 2.45) is 7.05 Å². The number of β-lactam (4-membered cyclic amide) rings is 1. The van der Waals surface area contributed by atoms with E-state index in [9.17, 15) is 33.9 Å². The van der Waals surface area contributed by atoms with Crippen LogP contribution in [0, 0.1) is 0 Å². The molecular weight excluding hydrogens is 624 g/mol. The number of aliphatic carboxylic acids is 1. The molecule has 3 amide bonds. The van der Waals surface area contributed by atoms with Crippen LogP contribution in [-0.4, -0.2) is 81.4 Å². The van der Waals surface area contributed by atoms with Crippen LogP contribution in [0.25, 0.3) is 11.0 Å². The molecule has 1 fully saturated rings. The molecule has 5 N–H and O–H groups in total. The minimum absolute atomic E-state index is 0.0115. The normalized spacial score (nSPS) is 18.2. The molecule has 0 spiro atoms. The fourth-order valence-corrected chi connectivity index (χ4v) is 7.38. The van der Waals surface area contributed by atoms with E-state index < -0.39 is 52.3 Å². The van der Waals surface area contributed by atoms with Gasteiger partial charge in [0.25, 0.3) is 11.8 Å². The van der Waals surface area contributed by atoms with Crippen molar-refractivity contribution in [3.05, 3.63) is 98.0 Å². The highest BCUT2D eigenvalue weighted by atomic mass is 32.2. The van der Waals surface area contributed by atoms with E-state index in [1.165, 1.54) is 18.8 Å². The molecule has 2 aromatic carbocycles. The SMILES string of the molecule is Cn1c(SCC2=C(C(=O)O)N3C(=O)C(NC(=O)C(NC(=O)c4nc5ccccc5[nH]4)c4ccccc4)[C@@H]3SC2)n[nH]c(=O)c1=O. The van der Waals surface area contributed by atoms with Gasteiger partial charge in [-0.05, 0) is 23.3 Å². The quantitative estimate of drug-likeness (QED) is 0.0949. The van der Waals surface area contributed by atoms with Crippen LogP contribution < -0.4 is 21.8 Å². The number of imidazole rings is 1. The monoisotopic (exact) mass is 648 g/mol. The van der Waals surface area contributed by atoms with Gasteiger partial charge in [-0.3, -0.25) is 33.4 Å². The first kappa shape index (κ1) is 29.9. The molecule has 230 valence electrons. The Kier molecular flexibility index (Phi) is 8.03. The van der Waals surface area contributed by atoms with Crippen molar-refractivity contribution < 1.29 is 24.3 Å². The van der Waals surface area contributed by atoms with Crippen LogP contribution in [0.1, 0.15) is 22.2 Å².